The molecule has 0 fully saturated rings. The van der Waals surface area contributed by atoms with Gasteiger partial charge in [0.25, 0.3) is 0 Å². The highest BCUT2D eigenvalue weighted by Crippen LogP contribution is 2.29. The molecule has 1 amide bonds. The molecule has 0 radical (unpaired) electrons. The molecule has 0 aromatic heterocycles. The van der Waals surface area contributed by atoms with Crippen molar-refractivity contribution in [3.05, 3.63) is 28.8 Å². The van der Waals surface area contributed by atoms with Crippen molar-refractivity contribution in [1.82, 2.24) is 5.32 Å². The number of rotatable bonds is 5. The van der Waals surface area contributed by atoms with Gasteiger partial charge in [0.1, 0.15) is 0 Å². The van der Waals surface area contributed by atoms with Crippen LogP contribution in [0.5, 0.6) is 0 Å². The zero-order chi connectivity index (χ0) is 13.7. The molecule has 0 bridgehead atoms. The molecule has 5 heteroatoms. The summed E-state index contributed by atoms with van der Waals surface area (Å²) < 4.78 is 0. The van der Waals surface area contributed by atoms with E-state index in [-0.39, 0.29) is 11.8 Å². The minimum atomic E-state index is -0.109. The minimum absolute atomic E-state index is 0.0169. The Morgan fingerprint density at radius 1 is 1.56 bits per heavy atom. The Morgan fingerprint density at radius 2 is 2.22 bits per heavy atom. The lowest BCUT2D eigenvalue weighted by Crippen LogP contribution is -2.34. The first-order valence-corrected chi connectivity index (χ1v) is 6.29. The van der Waals surface area contributed by atoms with Crippen LogP contribution in [0.3, 0.4) is 0 Å². The van der Waals surface area contributed by atoms with E-state index in [0.717, 1.165) is 11.3 Å². The van der Waals surface area contributed by atoms with Gasteiger partial charge < -0.3 is 16.0 Å². The summed E-state index contributed by atoms with van der Waals surface area (Å²) in [6.07, 6.45) is 0. The zero-order valence-electron chi connectivity index (χ0n) is 11.0. The molecule has 1 aromatic carbocycles. The predicted molar refractivity (Wildman–Crippen MR) is 75.8 cm³/mol. The van der Waals surface area contributed by atoms with Crippen molar-refractivity contribution in [2.45, 2.75) is 13.5 Å². The predicted octanol–water partition coefficient (Wildman–Crippen LogP) is 1.62. The molecular weight excluding hydrogens is 250 g/mol. The van der Waals surface area contributed by atoms with Crippen LogP contribution in [0.15, 0.2) is 18.2 Å². The Balaban J connectivity index is 2.90. The standard InChI is InChI=1S/C13H20ClN3O/c1-9(13(18)16-2)8-17(3)12-10(7-15)5-4-6-11(12)14/h4-6,9H,7-8,15H2,1-3H3,(H,16,18). The highest BCUT2D eigenvalue weighted by molar-refractivity contribution is 6.33. The van der Waals surface area contributed by atoms with Crippen LogP contribution in [0.1, 0.15) is 12.5 Å². The van der Waals surface area contributed by atoms with Gasteiger partial charge >= 0.3 is 0 Å². The highest BCUT2D eigenvalue weighted by atomic mass is 35.5. The van der Waals surface area contributed by atoms with Crippen LogP contribution in [0.25, 0.3) is 0 Å². The van der Waals surface area contributed by atoms with E-state index in [9.17, 15) is 4.79 Å². The first kappa shape index (κ1) is 14.8. The molecule has 4 nitrogen and oxygen atoms in total. The van der Waals surface area contributed by atoms with Crippen molar-refractivity contribution >= 4 is 23.2 Å². The summed E-state index contributed by atoms with van der Waals surface area (Å²) >= 11 is 6.20. The smallest absolute Gasteiger partial charge is 0.224 e. The molecule has 1 aromatic rings. The number of nitrogens with two attached hydrogens (primary N) is 1. The molecule has 1 atom stereocenters. The largest absolute Gasteiger partial charge is 0.372 e. The number of nitrogens with zero attached hydrogens (tertiary/aromatic N) is 1. The van der Waals surface area contributed by atoms with Crippen LogP contribution in [0.4, 0.5) is 5.69 Å². The van der Waals surface area contributed by atoms with Crippen molar-refractivity contribution < 1.29 is 4.79 Å². The van der Waals surface area contributed by atoms with Gasteiger partial charge in [-0.15, -0.1) is 0 Å². The van der Waals surface area contributed by atoms with Crippen molar-refractivity contribution in [2.24, 2.45) is 11.7 Å². The summed E-state index contributed by atoms with van der Waals surface area (Å²) in [5, 5.41) is 3.30. The number of amides is 1. The van der Waals surface area contributed by atoms with Gasteiger partial charge in [0.15, 0.2) is 0 Å². The molecule has 100 valence electrons. The molecule has 0 saturated heterocycles. The first-order chi connectivity index (χ1) is 8.51. The molecule has 1 rings (SSSR count). The van der Waals surface area contributed by atoms with Gasteiger partial charge in [0.2, 0.25) is 5.91 Å². The summed E-state index contributed by atoms with van der Waals surface area (Å²) in [7, 11) is 3.56. The fourth-order valence-electron chi connectivity index (χ4n) is 1.98. The quantitative estimate of drug-likeness (QED) is 0.854. The third kappa shape index (κ3) is 3.37. The van der Waals surface area contributed by atoms with Gasteiger partial charge in [-0.25, -0.2) is 0 Å². The maximum Gasteiger partial charge on any atom is 0.224 e. The minimum Gasteiger partial charge on any atom is -0.372 e. The molecule has 0 aliphatic carbocycles. The number of benzene rings is 1. The normalized spacial score (nSPS) is 12.1. The molecule has 0 heterocycles. The second kappa shape index (κ2) is 6.61. The van der Waals surface area contributed by atoms with E-state index in [1.165, 1.54) is 0 Å². The number of hydrogen-bond donors (Lipinski definition) is 2. The van der Waals surface area contributed by atoms with Gasteiger partial charge in [-0.3, -0.25) is 4.79 Å². The summed E-state index contributed by atoms with van der Waals surface area (Å²) in [5.74, 6) is -0.0925. The molecule has 0 aliphatic rings. The Morgan fingerprint density at radius 3 is 2.78 bits per heavy atom. The molecule has 0 aliphatic heterocycles. The van der Waals surface area contributed by atoms with Gasteiger partial charge in [-0.1, -0.05) is 30.7 Å². The fourth-order valence-corrected chi connectivity index (χ4v) is 2.32. The number of nitrogens with one attached hydrogen (secondary N) is 1. The second-order valence-electron chi connectivity index (χ2n) is 4.35. The average Bonchev–Trinajstić information content (AvgIpc) is 2.36. The molecule has 3 N–H and O–H groups in total. The number of hydrogen-bond acceptors (Lipinski definition) is 3. The van der Waals surface area contributed by atoms with E-state index in [0.29, 0.717) is 18.1 Å². The third-order valence-corrected chi connectivity index (χ3v) is 3.22. The number of carbonyl (C=O) groups excluding carboxylic acids is 1. The number of halogens is 1. The first-order valence-electron chi connectivity index (χ1n) is 5.91. The van der Waals surface area contributed by atoms with Gasteiger partial charge in [-0.2, -0.15) is 0 Å². The Bertz CT molecular complexity index is 423. The monoisotopic (exact) mass is 269 g/mol. The lowest BCUT2D eigenvalue weighted by Gasteiger charge is -2.25. The SMILES string of the molecule is CNC(=O)C(C)CN(C)c1c(Cl)cccc1CN. The van der Waals surface area contributed by atoms with E-state index in [2.05, 4.69) is 5.32 Å². The molecular formula is C13H20ClN3O. The van der Waals surface area contributed by atoms with Gasteiger partial charge in [0, 0.05) is 27.2 Å². The lowest BCUT2D eigenvalue weighted by molar-refractivity contribution is -0.123. The zero-order valence-corrected chi connectivity index (χ0v) is 11.8. The third-order valence-electron chi connectivity index (χ3n) is 2.91. The number of para-hydroxylation sites is 1. The van der Waals surface area contributed by atoms with Crippen LogP contribution in [0, 0.1) is 5.92 Å². The maximum absolute atomic E-state index is 11.5. The molecule has 0 spiro atoms. The number of carbonyl (C=O) groups is 1. The van der Waals surface area contributed by atoms with Gasteiger partial charge in [0.05, 0.1) is 16.6 Å². The molecule has 1 unspecified atom stereocenters. The summed E-state index contributed by atoms with van der Waals surface area (Å²) in [4.78, 5) is 13.5. The summed E-state index contributed by atoms with van der Waals surface area (Å²) in [5.41, 5.74) is 7.59. The molecule has 18 heavy (non-hydrogen) atoms. The van der Waals surface area contributed by atoms with Crippen LogP contribution in [-0.2, 0) is 11.3 Å². The van der Waals surface area contributed by atoms with Crippen LogP contribution < -0.4 is 16.0 Å². The second-order valence-corrected chi connectivity index (χ2v) is 4.75. The van der Waals surface area contributed by atoms with E-state index in [4.69, 9.17) is 17.3 Å². The van der Waals surface area contributed by atoms with Crippen LogP contribution >= 0.6 is 11.6 Å². The van der Waals surface area contributed by atoms with E-state index in [1.807, 2.05) is 37.1 Å². The van der Waals surface area contributed by atoms with Gasteiger partial charge in [-0.05, 0) is 11.6 Å². The van der Waals surface area contributed by atoms with Crippen molar-refractivity contribution in [2.75, 3.05) is 25.5 Å². The van der Waals surface area contributed by atoms with Crippen LogP contribution in [-0.4, -0.2) is 26.5 Å². The Kier molecular flexibility index (Phi) is 5.44. The van der Waals surface area contributed by atoms with Crippen molar-refractivity contribution in [3.63, 3.8) is 0 Å². The molecule has 0 saturated carbocycles. The Hall–Kier alpha value is -1.26. The maximum atomic E-state index is 11.5. The highest BCUT2D eigenvalue weighted by Gasteiger charge is 2.17. The topological polar surface area (TPSA) is 58.4 Å². The fraction of sp³-hybridized carbons (Fsp3) is 0.462. The van der Waals surface area contributed by atoms with Crippen LogP contribution in [0.2, 0.25) is 5.02 Å². The van der Waals surface area contributed by atoms with Crippen molar-refractivity contribution in [1.29, 1.82) is 0 Å². The van der Waals surface area contributed by atoms with E-state index in [1.54, 1.807) is 7.05 Å². The average molecular weight is 270 g/mol. The van der Waals surface area contributed by atoms with Crippen molar-refractivity contribution in [3.8, 4) is 0 Å². The summed E-state index contributed by atoms with van der Waals surface area (Å²) in [6.45, 7) is 2.90. The summed E-state index contributed by atoms with van der Waals surface area (Å²) in [6, 6.07) is 5.66. The van der Waals surface area contributed by atoms with E-state index < -0.39 is 0 Å². The lowest BCUT2D eigenvalue weighted by atomic mass is 10.1. The van der Waals surface area contributed by atoms with E-state index >= 15 is 0 Å². The Labute approximate surface area is 113 Å². The number of anilines is 1.